The zero-order valence-electron chi connectivity index (χ0n) is 5.42. The van der Waals surface area contributed by atoms with E-state index in [1.807, 2.05) is 0 Å². The van der Waals surface area contributed by atoms with Crippen LogP contribution in [0.2, 0.25) is 0 Å². The molecule has 1 N–H and O–H groups in total. The molecule has 9 heavy (non-hydrogen) atoms. The van der Waals surface area contributed by atoms with E-state index in [1.54, 1.807) is 11.3 Å². The maximum atomic E-state index is 8.54. The van der Waals surface area contributed by atoms with Crippen LogP contribution in [0.1, 0.15) is 10.4 Å². The second-order valence-electron chi connectivity index (χ2n) is 2.06. The molecule has 0 aliphatic rings. The van der Waals surface area contributed by atoms with Gasteiger partial charge >= 0.3 is 0 Å². The van der Waals surface area contributed by atoms with Gasteiger partial charge in [0, 0.05) is 17.9 Å². The molecule has 0 fully saturated rings. The summed E-state index contributed by atoms with van der Waals surface area (Å²) in [5.74, 6) is 0. The number of aryl methyl sites for hydroxylation is 1. The molecule has 0 atom stereocenters. The Balaban J connectivity index is 2.61. The summed E-state index contributed by atoms with van der Waals surface area (Å²) in [5.41, 5.74) is 1.29. The topological polar surface area (TPSA) is 20.2 Å². The fraction of sp³-hybridized carbons (Fsp3) is 0.429. The number of aliphatic hydroxyl groups is 1. The number of thiophene rings is 1. The Morgan fingerprint density at radius 1 is 1.67 bits per heavy atom. The van der Waals surface area contributed by atoms with E-state index >= 15 is 0 Å². The van der Waals surface area contributed by atoms with Crippen molar-refractivity contribution in [1.29, 1.82) is 0 Å². The van der Waals surface area contributed by atoms with Crippen molar-refractivity contribution in [3.8, 4) is 0 Å². The number of rotatable bonds is 2. The van der Waals surface area contributed by atoms with Crippen molar-refractivity contribution in [2.24, 2.45) is 0 Å². The van der Waals surface area contributed by atoms with Gasteiger partial charge in [-0.3, -0.25) is 0 Å². The normalized spacial score (nSPS) is 10.0. The Hall–Kier alpha value is -0.340. The molecule has 1 nitrogen and oxygen atoms in total. The van der Waals surface area contributed by atoms with Gasteiger partial charge in [-0.2, -0.15) is 0 Å². The fourth-order valence-corrected chi connectivity index (χ4v) is 1.60. The third-order valence-electron chi connectivity index (χ3n) is 1.14. The van der Waals surface area contributed by atoms with Crippen LogP contribution in [-0.4, -0.2) is 11.7 Å². The van der Waals surface area contributed by atoms with Gasteiger partial charge in [0.05, 0.1) is 0 Å². The highest BCUT2D eigenvalue weighted by Crippen LogP contribution is 2.13. The van der Waals surface area contributed by atoms with Crippen molar-refractivity contribution in [2.45, 2.75) is 13.3 Å². The van der Waals surface area contributed by atoms with Crippen LogP contribution < -0.4 is 0 Å². The molecule has 1 aromatic heterocycles. The number of hydrogen-bond acceptors (Lipinski definition) is 2. The molecule has 0 bridgehead atoms. The zero-order chi connectivity index (χ0) is 6.69. The molecule has 0 aliphatic heterocycles. The Kier molecular flexibility index (Phi) is 2.25. The lowest BCUT2D eigenvalue weighted by Crippen LogP contribution is -1.84. The van der Waals surface area contributed by atoms with E-state index in [0.29, 0.717) is 0 Å². The second kappa shape index (κ2) is 2.99. The quantitative estimate of drug-likeness (QED) is 0.665. The summed E-state index contributed by atoms with van der Waals surface area (Å²) in [5, 5.41) is 10.6. The molecule has 1 aromatic rings. The molecular formula is C7H10OS. The smallest absolute Gasteiger partial charge is 0.0479 e. The first-order valence-corrected chi connectivity index (χ1v) is 3.86. The van der Waals surface area contributed by atoms with Crippen LogP contribution in [0.3, 0.4) is 0 Å². The predicted octanol–water partition coefficient (Wildman–Crippen LogP) is 1.59. The molecule has 0 amide bonds. The van der Waals surface area contributed by atoms with Crippen molar-refractivity contribution in [3.05, 3.63) is 21.9 Å². The van der Waals surface area contributed by atoms with Crippen LogP contribution in [0.4, 0.5) is 0 Å². The highest BCUT2D eigenvalue weighted by Gasteiger charge is 1.92. The highest BCUT2D eigenvalue weighted by atomic mass is 32.1. The molecule has 0 spiro atoms. The lowest BCUT2D eigenvalue weighted by atomic mass is 10.3. The standard InChI is InChI=1S/C7H10OS/c1-6-4-7(2-3-8)9-5-6/h4-5,8H,2-3H2,1H3. The first-order valence-electron chi connectivity index (χ1n) is 2.98. The van der Waals surface area contributed by atoms with Gasteiger partial charge in [0.2, 0.25) is 0 Å². The van der Waals surface area contributed by atoms with E-state index in [9.17, 15) is 0 Å². The van der Waals surface area contributed by atoms with E-state index in [0.717, 1.165) is 6.42 Å². The van der Waals surface area contributed by atoms with E-state index in [-0.39, 0.29) is 6.61 Å². The van der Waals surface area contributed by atoms with E-state index in [2.05, 4.69) is 18.4 Å². The molecule has 1 heterocycles. The SMILES string of the molecule is Cc1csc(CCO)c1. The van der Waals surface area contributed by atoms with Crippen molar-refractivity contribution >= 4 is 11.3 Å². The van der Waals surface area contributed by atoms with Gasteiger partial charge in [-0.1, -0.05) is 0 Å². The fourth-order valence-electron chi connectivity index (χ4n) is 0.732. The Morgan fingerprint density at radius 3 is 2.89 bits per heavy atom. The van der Waals surface area contributed by atoms with Gasteiger partial charge in [0.1, 0.15) is 0 Å². The molecule has 0 radical (unpaired) electrons. The molecule has 0 saturated carbocycles. The van der Waals surface area contributed by atoms with Gasteiger partial charge in [0.25, 0.3) is 0 Å². The van der Waals surface area contributed by atoms with Gasteiger partial charge in [-0.25, -0.2) is 0 Å². The monoisotopic (exact) mass is 142 g/mol. The van der Waals surface area contributed by atoms with Crippen LogP contribution >= 0.6 is 11.3 Å². The van der Waals surface area contributed by atoms with Crippen LogP contribution in [0.5, 0.6) is 0 Å². The summed E-state index contributed by atoms with van der Waals surface area (Å²) in [6, 6.07) is 2.11. The maximum absolute atomic E-state index is 8.54. The minimum Gasteiger partial charge on any atom is -0.396 e. The maximum Gasteiger partial charge on any atom is 0.0479 e. The van der Waals surface area contributed by atoms with Gasteiger partial charge in [0.15, 0.2) is 0 Å². The number of hydrogen-bond donors (Lipinski definition) is 1. The Morgan fingerprint density at radius 2 is 2.44 bits per heavy atom. The van der Waals surface area contributed by atoms with Crippen LogP contribution in [0.15, 0.2) is 11.4 Å². The Bertz CT molecular complexity index is 181. The zero-order valence-corrected chi connectivity index (χ0v) is 6.24. The molecule has 2 heteroatoms. The van der Waals surface area contributed by atoms with Gasteiger partial charge < -0.3 is 5.11 Å². The van der Waals surface area contributed by atoms with Crippen molar-refractivity contribution < 1.29 is 5.11 Å². The van der Waals surface area contributed by atoms with Gasteiger partial charge in [-0.15, -0.1) is 11.3 Å². The second-order valence-corrected chi connectivity index (χ2v) is 3.06. The summed E-state index contributed by atoms with van der Waals surface area (Å²) in [6.45, 7) is 2.33. The number of aliphatic hydroxyl groups excluding tert-OH is 1. The predicted molar refractivity (Wildman–Crippen MR) is 39.8 cm³/mol. The molecule has 0 saturated heterocycles. The molecule has 0 aliphatic carbocycles. The highest BCUT2D eigenvalue weighted by molar-refractivity contribution is 7.10. The van der Waals surface area contributed by atoms with Crippen molar-refractivity contribution in [3.63, 3.8) is 0 Å². The minimum atomic E-state index is 0.264. The van der Waals surface area contributed by atoms with Gasteiger partial charge in [-0.05, 0) is 23.9 Å². The van der Waals surface area contributed by atoms with E-state index < -0.39 is 0 Å². The van der Waals surface area contributed by atoms with Crippen molar-refractivity contribution in [2.75, 3.05) is 6.61 Å². The minimum absolute atomic E-state index is 0.264. The molecule has 1 rings (SSSR count). The molecule has 50 valence electrons. The molecular weight excluding hydrogens is 132 g/mol. The van der Waals surface area contributed by atoms with Crippen LogP contribution in [0.25, 0.3) is 0 Å². The molecule has 0 aromatic carbocycles. The Labute approximate surface area is 59.0 Å². The summed E-state index contributed by atoms with van der Waals surface area (Å²) >= 11 is 1.71. The summed E-state index contributed by atoms with van der Waals surface area (Å²) in [7, 11) is 0. The lowest BCUT2D eigenvalue weighted by Gasteiger charge is -1.86. The van der Waals surface area contributed by atoms with Crippen LogP contribution in [-0.2, 0) is 6.42 Å². The first kappa shape index (κ1) is 6.78. The summed E-state index contributed by atoms with van der Waals surface area (Å²) in [4.78, 5) is 1.27. The third-order valence-corrected chi connectivity index (χ3v) is 2.26. The lowest BCUT2D eigenvalue weighted by molar-refractivity contribution is 0.300. The average Bonchev–Trinajstić information content (AvgIpc) is 2.17. The third kappa shape index (κ3) is 1.80. The van der Waals surface area contributed by atoms with Crippen molar-refractivity contribution in [1.82, 2.24) is 0 Å². The largest absolute Gasteiger partial charge is 0.396 e. The average molecular weight is 142 g/mol. The van der Waals surface area contributed by atoms with E-state index in [4.69, 9.17) is 5.11 Å². The van der Waals surface area contributed by atoms with E-state index in [1.165, 1.54) is 10.4 Å². The molecule has 0 unspecified atom stereocenters. The summed E-state index contributed by atoms with van der Waals surface area (Å²) in [6.07, 6.45) is 0.804. The summed E-state index contributed by atoms with van der Waals surface area (Å²) < 4.78 is 0. The van der Waals surface area contributed by atoms with Crippen LogP contribution in [0, 0.1) is 6.92 Å². The first-order chi connectivity index (χ1) is 4.33.